The molecule has 0 bridgehead atoms. The van der Waals surface area contributed by atoms with Gasteiger partial charge in [0.05, 0.1) is 6.07 Å². The molecule has 48 valence electrons. The van der Waals surface area contributed by atoms with E-state index in [2.05, 4.69) is 4.98 Å². The summed E-state index contributed by atoms with van der Waals surface area (Å²) in [5.41, 5.74) is 0. The van der Waals surface area contributed by atoms with Crippen LogP contribution in [0.2, 0.25) is 0 Å². The molecule has 0 unspecified atom stereocenters. The molecule has 0 saturated carbocycles. The standard InChI is InChI=1S/C4H5N.C3H5N/c1-2-4-5-3-1;1-2-3-4/h1-5H;2H2,1H3. The Morgan fingerprint density at radius 2 is 1.89 bits per heavy atom. The number of hydrogen-bond acceptors (Lipinski definition) is 1. The number of aromatic amines is 1. The van der Waals surface area contributed by atoms with E-state index in [0.29, 0.717) is 6.42 Å². The molecule has 1 aromatic rings. The van der Waals surface area contributed by atoms with E-state index in [0.717, 1.165) is 0 Å². The first-order valence-corrected chi connectivity index (χ1v) is 2.86. The maximum atomic E-state index is 7.62. The van der Waals surface area contributed by atoms with Crippen LogP contribution in [0.3, 0.4) is 0 Å². The van der Waals surface area contributed by atoms with Crippen LogP contribution in [0.5, 0.6) is 0 Å². The zero-order valence-electron chi connectivity index (χ0n) is 5.46. The molecule has 0 spiro atoms. The molecule has 0 aliphatic heterocycles. The van der Waals surface area contributed by atoms with Crippen molar-refractivity contribution in [2.24, 2.45) is 0 Å². The van der Waals surface area contributed by atoms with Gasteiger partial charge in [-0.3, -0.25) is 0 Å². The van der Waals surface area contributed by atoms with E-state index in [1.807, 2.05) is 37.5 Å². The third-order valence-electron chi connectivity index (χ3n) is 0.654. The van der Waals surface area contributed by atoms with E-state index in [4.69, 9.17) is 5.26 Å². The van der Waals surface area contributed by atoms with Crippen LogP contribution in [-0.4, -0.2) is 4.98 Å². The van der Waals surface area contributed by atoms with Crippen molar-refractivity contribution in [3.8, 4) is 6.07 Å². The lowest BCUT2D eigenvalue weighted by atomic mass is 10.6. The van der Waals surface area contributed by atoms with Crippen LogP contribution < -0.4 is 0 Å². The van der Waals surface area contributed by atoms with E-state index in [1.165, 1.54) is 0 Å². The van der Waals surface area contributed by atoms with E-state index in [-0.39, 0.29) is 0 Å². The summed E-state index contributed by atoms with van der Waals surface area (Å²) in [4.78, 5) is 2.86. The van der Waals surface area contributed by atoms with Gasteiger partial charge in [-0.1, -0.05) is 6.92 Å². The average molecular weight is 122 g/mol. The van der Waals surface area contributed by atoms with Crippen LogP contribution in [0.15, 0.2) is 24.5 Å². The second-order valence-electron chi connectivity index (χ2n) is 1.40. The predicted molar refractivity (Wildman–Crippen MR) is 36.7 cm³/mol. The van der Waals surface area contributed by atoms with Crippen LogP contribution in [0.1, 0.15) is 13.3 Å². The van der Waals surface area contributed by atoms with Gasteiger partial charge in [-0.2, -0.15) is 5.26 Å². The second kappa shape index (κ2) is 6.77. The van der Waals surface area contributed by atoms with Gasteiger partial charge in [0.2, 0.25) is 0 Å². The lowest BCUT2D eigenvalue weighted by molar-refractivity contribution is 1.22. The topological polar surface area (TPSA) is 39.6 Å². The molecule has 1 heterocycles. The molecule has 1 N–H and O–H groups in total. The number of hydrogen-bond donors (Lipinski definition) is 1. The van der Waals surface area contributed by atoms with Crippen LogP contribution in [-0.2, 0) is 0 Å². The Labute approximate surface area is 55.1 Å². The summed E-state index contributed by atoms with van der Waals surface area (Å²) in [5.74, 6) is 0. The molecule has 2 heteroatoms. The molecule has 1 rings (SSSR count). The van der Waals surface area contributed by atoms with Gasteiger partial charge in [-0.15, -0.1) is 0 Å². The highest BCUT2D eigenvalue weighted by molar-refractivity contribution is 4.84. The Kier molecular flexibility index (Phi) is 5.84. The maximum absolute atomic E-state index is 7.62. The lowest BCUT2D eigenvalue weighted by Crippen LogP contribution is -1.38. The summed E-state index contributed by atoms with van der Waals surface area (Å²) >= 11 is 0. The summed E-state index contributed by atoms with van der Waals surface area (Å²) in [5, 5.41) is 7.62. The van der Waals surface area contributed by atoms with Crippen molar-refractivity contribution in [2.45, 2.75) is 13.3 Å². The van der Waals surface area contributed by atoms with E-state index < -0.39 is 0 Å². The van der Waals surface area contributed by atoms with Crippen molar-refractivity contribution >= 4 is 0 Å². The molecular weight excluding hydrogens is 112 g/mol. The fourth-order valence-corrected chi connectivity index (χ4v) is 0.278. The maximum Gasteiger partial charge on any atom is 0.0618 e. The molecular formula is C7H10N2. The first kappa shape index (κ1) is 7.77. The zero-order valence-corrected chi connectivity index (χ0v) is 5.46. The molecule has 0 saturated heterocycles. The minimum absolute atomic E-state index is 0.625. The fourth-order valence-electron chi connectivity index (χ4n) is 0.278. The molecule has 0 aromatic carbocycles. The number of nitriles is 1. The van der Waals surface area contributed by atoms with Crippen molar-refractivity contribution in [3.05, 3.63) is 24.5 Å². The van der Waals surface area contributed by atoms with E-state index in [1.54, 1.807) is 0 Å². The summed E-state index contributed by atoms with van der Waals surface area (Å²) in [7, 11) is 0. The fraction of sp³-hybridized carbons (Fsp3) is 0.286. The smallest absolute Gasteiger partial charge is 0.0618 e. The number of H-pyrrole nitrogens is 1. The zero-order chi connectivity index (χ0) is 6.95. The highest BCUT2D eigenvalue weighted by Gasteiger charge is 1.55. The van der Waals surface area contributed by atoms with Gasteiger partial charge < -0.3 is 4.98 Å². The Balaban J connectivity index is 0.000000148. The summed E-state index contributed by atoms with van der Waals surface area (Å²) in [6.07, 6.45) is 4.38. The van der Waals surface area contributed by atoms with Gasteiger partial charge in [0, 0.05) is 18.8 Å². The quantitative estimate of drug-likeness (QED) is 0.561. The van der Waals surface area contributed by atoms with Crippen LogP contribution >= 0.6 is 0 Å². The first-order chi connectivity index (χ1) is 4.41. The van der Waals surface area contributed by atoms with Gasteiger partial charge in [0.1, 0.15) is 0 Å². The Morgan fingerprint density at radius 3 is 2.00 bits per heavy atom. The minimum atomic E-state index is 0.625. The van der Waals surface area contributed by atoms with Gasteiger partial charge in [-0.25, -0.2) is 0 Å². The predicted octanol–water partition coefficient (Wildman–Crippen LogP) is 1.93. The number of nitrogens with zero attached hydrogens (tertiary/aromatic N) is 1. The van der Waals surface area contributed by atoms with Gasteiger partial charge in [-0.05, 0) is 12.1 Å². The highest BCUT2D eigenvalue weighted by Crippen LogP contribution is 1.72. The summed E-state index contributed by atoms with van der Waals surface area (Å²) in [6, 6.07) is 5.82. The van der Waals surface area contributed by atoms with Crippen molar-refractivity contribution in [3.63, 3.8) is 0 Å². The average Bonchev–Trinajstić information content (AvgIpc) is 2.43. The van der Waals surface area contributed by atoms with Crippen molar-refractivity contribution in [2.75, 3.05) is 0 Å². The van der Waals surface area contributed by atoms with Crippen LogP contribution in [0, 0.1) is 11.3 Å². The molecule has 0 atom stereocenters. The molecule has 0 aliphatic rings. The van der Waals surface area contributed by atoms with Gasteiger partial charge in [0.25, 0.3) is 0 Å². The van der Waals surface area contributed by atoms with Gasteiger partial charge in [0.15, 0.2) is 0 Å². The Bertz CT molecular complexity index is 131. The highest BCUT2D eigenvalue weighted by atomic mass is 14.6. The first-order valence-electron chi connectivity index (χ1n) is 2.86. The van der Waals surface area contributed by atoms with Crippen LogP contribution in [0.4, 0.5) is 0 Å². The normalized spacial score (nSPS) is 6.67. The largest absolute Gasteiger partial charge is 0.368 e. The lowest BCUT2D eigenvalue weighted by Gasteiger charge is -1.49. The van der Waals surface area contributed by atoms with Crippen molar-refractivity contribution < 1.29 is 0 Å². The molecule has 0 amide bonds. The molecule has 0 fully saturated rings. The van der Waals surface area contributed by atoms with E-state index >= 15 is 0 Å². The number of rotatable bonds is 0. The van der Waals surface area contributed by atoms with Crippen LogP contribution in [0.25, 0.3) is 0 Å². The molecule has 1 aromatic heterocycles. The SMILES string of the molecule is CCC#N.c1cc[nH]c1. The van der Waals surface area contributed by atoms with E-state index in [9.17, 15) is 0 Å². The Hall–Kier alpha value is -1.23. The molecule has 2 nitrogen and oxygen atoms in total. The third kappa shape index (κ3) is 6.77. The molecule has 0 radical (unpaired) electrons. The summed E-state index contributed by atoms with van der Waals surface area (Å²) in [6.45, 7) is 1.82. The van der Waals surface area contributed by atoms with Crippen molar-refractivity contribution in [1.29, 1.82) is 5.26 Å². The summed E-state index contributed by atoms with van der Waals surface area (Å²) < 4.78 is 0. The van der Waals surface area contributed by atoms with Crippen molar-refractivity contribution in [1.82, 2.24) is 4.98 Å². The molecule has 0 aliphatic carbocycles. The second-order valence-corrected chi connectivity index (χ2v) is 1.40. The minimum Gasteiger partial charge on any atom is -0.368 e. The Morgan fingerprint density at radius 1 is 1.44 bits per heavy atom. The van der Waals surface area contributed by atoms with Gasteiger partial charge >= 0.3 is 0 Å². The number of nitrogens with one attached hydrogen (secondary N) is 1. The number of aromatic nitrogens is 1. The monoisotopic (exact) mass is 122 g/mol. The third-order valence-corrected chi connectivity index (χ3v) is 0.654. The molecule has 9 heavy (non-hydrogen) atoms.